The maximum absolute atomic E-state index is 5.40. The van der Waals surface area contributed by atoms with Gasteiger partial charge in [0, 0.05) is 11.8 Å². The van der Waals surface area contributed by atoms with Crippen LogP contribution in [0.25, 0.3) is 0 Å². The van der Waals surface area contributed by atoms with Gasteiger partial charge in [-0.2, -0.15) is 4.98 Å². The van der Waals surface area contributed by atoms with Gasteiger partial charge in [-0.25, -0.2) is 0 Å². The van der Waals surface area contributed by atoms with Crippen molar-refractivity contribution in [2.24, 2.45) is 0 Å². The van der Waals surface area contributed by atoms with Crippen LogP contribution in [-0.2, 0) is 0 Å². The summed E-state index contributed by atoms with van der Waals surface area (Å²) in [7, 11) is 0. The molecule has 22 heavy (non-hydrogen) atoms. The number of hydrogen-bond acceptors (Lipinski definition) is 4. The smallest absolute Gasteiger partial charge is 0.215 e. The molecule has 1 aromatic carbocycles. The monoisotopic (exact) mass is 317 g/mol. The third kappa shape index (κ3) is 4.89. The van der Waals surface area contributed by atoms with E-state index in [1.165, 1.54) is 0 Å². The molecule has 0 unspecified atom stereocenters. The van der Waals surface area contributed by atoms with Crippen molar-refractivity contribution in [3.63, 3.8) is 0 Å². The molecule has 116 valence electrons. The highest BCUT2D eigenvalue weighted by atomic mass is 32.1. The Hall–Kier alpha value is -2.34. The van der Waals surface area contributed by atoms with Crippen molar-refractivity contribution < 1.29 is 9.47 Å². The molecule has 0 radical (unpaired) electrons. The first kappa shape index (κ1) is 16.0. The fraction of sp³-hybridized carbons (Fsp3) is 0.250. The quantitative estimate of drug-likeness (QED) is 0.793. The molecule has 5 nitrogen and oxygen atoms in total. The molecule has 0 saturated heterocycles. The molecule has 0 bridgehead atoms. The number of rotatable bonds is 6. The summed E-state index contributed by atoms with van der Waals surface area (Å²) < 4.78 is 10.8. The first-order valence-corrected chi connectivity index (χ1v) is 7.52. The van der Waals surface area contributed by atoms with E-state index in [1.807, 2.05) is 50.2 Å². The van der Waals surface area contributed by atoms with Crippen molar-refractivity contribution in [1.82, 2.24) is 4.98 Å². The second kappa shape index (κ2) is 8.19. The summed E-state index contributed by atoms with van der Waals surface area (Å²) in [6.07, 6.45) is 0. The average Bonchev–Trinajstić information content (AvgIpc) is 2.50. The van der Waals surface area contributed by atoms with Gasteiger partial charge >= 0.3 is 0 Å². The van der Waals surface area contributed by atoms with E-state index in [-0.39, 0.29) is 0 Å². The predicted molar refractivity (Wildman–Crippen MR) is 92.9 cm³/mol. The van der Waals surface area contributed by atoms with Gasteiger partial charge in [-0.15, -0.1) is 0 Å². The average molecular weight is 317 g/mol. The van der Waals surface area contributed by atoms with Crippen LogP contribution in [0.5, 0.6) is 11.6 Å². The molecular weight excluding hydrogens is 298 g/mol. The highest BCUT2D eigenvalue weighted by molar-refractivity contribution is 7.80. The van der Waals surface area contributed by atoms with Crippen LogP contribution in [0.15, 0.2) is 42.5 Å². The van der Waals surface area contributed by atoms with Gasteiger partial charge in [0.2, 0.25) is 5.88 Å². The zero-order valence-corrected chi connectivity index (χ0v) is 13.4. The molecule has 2 aromatic rings. The number of anilines is 2. The second-order valence-corrected chi connectivity index (χ2v) is 4.74. The molecule has 0 amide bonds. The van der Waals surface area contributed by atoms with Crippen molar-refractivity contribution in [2.45, 2.75) is 13.8 Å². The largest absolute Gasteiger partial charge is 0.494 e. The van der Waals surface area contributed by atoms with Crippen molar-refractivity contribution in [1.29, 1.82) is 0 Å². The van der Waals surface area contributed by atoms with E-state index in [0.717, 1.165) is 11.4 Å². The summed E-state index contributed by atoms with van der Waals surface area (Å²) >= 11 is 5.28. The lowest BCUT2D eigenvalue weighted by Gasteiger charge is -2.11. The molecule has 2 N–H and O–H groups in total. The van der Waals surface area contributed by atoms with Gasteiger partial charge in [0.25, 0.3) is 0 Å². The third-order valence-electron chi connectivity index (χ3n) is 2.68. The van der Waals surface area contributed by atoms with Crippen LogP contribution in [0.3, 0.4) is 0 Å². The van der Waals surface area contributed by atoms with Crippen LogP contribution in [-0.4, -0.2) is 23.3 Å². The molecular formula is C16H19N3O2S. The van der Waals surface area contributed by atoms with Crippen LogP contribution in [0.1, 0.15) is 13.8 Å². The number of pyridine rings is 1. The number of aromatic nitrogens is 1. The summed E-state index contributed by atoms with van der Waals surface area (Å²) in [6.45, 7) is 5.09. The van der Waals surface area contributed by atoms with Gasteiger partial charge in [-0.1, -0.05) is 6.07 Å². The lowest BCUT2D eigenvalue weighted by molar-refractivity contribution is 0.327. The van der Waals surface area contributed by atoms with Gasteiger partial charge in [0.15, 0.2) is 5.11 Å². The van der Waals surface area contributed by atoms with Crippen molar-refractivity contribution in [3.05, 3.63) is 42.5 Å². The normalized spacial score (nSPS) is 9.91. The molecule has 0 atom stereocenters. The Kier molecular flexibility index (Phi) is 5.97. The van der Waals surface area contributed by atoms with E-state index < -0.39 is 0 Å². The van der Waals surface area contributed by atoms with Gasteiger partial charge in [0.1, 0.15) is 11.6 Å². The maximum atomic E-state index is 5.40. The Bertz CT molecular complexity index is 617. The fourth-order valence-corrected chi connectivity index (χ4v) is 2.01. The highest BCUT2D eigenvalue weighted by Crippen LogP contribution is 2.16. The molecule has 1 aromatic heterocycles. The zero-order chi connectivity index (χ0) is 15.8. The van der Waals surface area contributed by atoms with E-state index in [2.05, 4.69) is 15.6 Å². The molecule has 0 fully saturated rings. The Morgan fingerprint density at radius 2 is 1.73 bits per heavy atom. The standard InChI is InChI=1S/C16H19N3O2S/c1-3-20-13-10-8-12(9-11-13)17-16(22)19-14-6-5-7-15(18-14)21-4-2/h5-11H,3-4H2,1-2H3,(H2,17,18,19,22). The highest BCUT2D eigenvalue weighted by Gasteiger charge is 2.02. The molecule has 0 spiro atoms. The molecule has 0 aliphatic rings. The first-order valence-electron chi connectivity index (χ1n) is 7.12. The van der Waals surface area contributed by atoms with Gasteiger partial charge < -0.3 is 20.1 Å². The molecule has 0 aliphatic heterocycles. The number of benzene rings is 1. The van der Waals surface area contributed by atoms with Crippen LogP contribution < -0.4 is 20.1 Å². The van der Waals surface area contributed by atoms with Gasteiger partial charge in [0.05, 0.1) is 13.2 Å². The summed E-state index contributed by atoms with van der Waals surface area (Å²) in [5, 5.41) is 6.59. The Morgan fingerprint density at radius 1 is 1.00 bits per heavy atom. The molecule has 6 heteroatoms. The minimum absolute atomic E-state index is 0.463. The topological polar surface area (TPSA) is 55.4 Å². The summed E-state index contributed by atoms with van der Waals surface area (Å²) in [4.78, 5) is 4.30. The molecule has 2 rings (SSSR count). The van der Waals surface area contributed by atoms with E-state index >= 15 is 0 Å². The minimum Gasteiger partial charge on any atom is -0.494 e. The Morgan fingerprint density at radius 3 is 2.41 bits per heavy atom. The van der Waals surface area contributed by atoms with Gasteiger partial charge in [-0.05, 0) is 56.4 Å². The van der Waals surface area contributed by atoms with Crippen LogP contribution in [0.2, 0.25) is 0 Å². The number of thiocarbonyl (C=S) groups is 1. The van der Waals surface area contributed by atoms with Crippen LogP contribution in [0.4, 0.5) is 11.5 Å². The third-order valence-corrected chi connectivity index (χ3v) is 2.88. The predicted octanol–water partition coefficient (Wildman–Crippen LogP) is 3.69. The number of nitrogens with zero attached hydrogens (tertiary/aromatic N) is 1. The summed E-state index contributed by atoms with van der Waals surface area (Å²) in [5.74, 6) is 2.03. The van der Waals surface area contributed by atoms with Crippen molar-refractivity contribution >= 4 is 28.8 Å². The maximum Gasteiger partial charge on any atom is 0.215 e. The van der Waals surface area contributed by atoms with Crippen molar-refractivity contribution in [2.75, 3.05) is 23.8 Å². The van der Waals surface area contributed by atoms with Crippen LogP contribution >= 0.6 is 12.2 Å². The fourth-order valence-electron chi connectivity index (χ4n) is 1.79. The molecule has 1 heterocycles. The second-order valence-electron chi connectivity index (χ2n) is 4.33. The lowest BCUT2D eigenvalue weighted by Crippen LogP contribution is -2.19. The SMILES string of the molecule is CCOc1ccc(NC(=S)Nc2cccc(OCC)n2)cc1. The van der Waals surface area contributed by atoms with E-state index in [4.69, 9.17) is 21.7 Å². The lowest BCUT2D eigenvalue weighted by atomic mass is 10.3. The molecule has 0 aliphatic carbocycles. The Balaban J connectivity index is 1.93. The van der Waals surface area contributed by atoms with Gasteiger partial charge in [-0.3, -0.25) is 0 Å². The van der Waals surface area contributed by atoms with E-state index in [1.54, 1.807) is 6.07 Å². The van der Waals surface area contributed by atoms with Crippen molar-refractivity contribution in [3.8, 4) is 11.6 Å². The first-order chi connectivity index (χ1) is 10.7. The zero-order valence-electron chi connectivity index (χ0n) is 12.6. The number of ether oxygens (including phenoxy) is 2. The number of hydrogen-bond donors (Lipinski definition) is 2. The number of nitrogens with one attached hydrogen (secondary N) is 2. The van der Waals surface area contributed by atoms with Crippen LogP contribution in [0, 0.1) is 0 Å². The van der Waals surface area contributed by atoms with E-state index in [9.17, 15) is 0 Å². The molecule has 0 saturated carbocycles. The summed E-state index contributed by atoms with van der Waals surface area (Å²) in [5.41, 5.74) is 0.877. The summed E-state index contributed by atoms with van der Waals surface area (Å²) in [6, 6.07) is 13.1. The minimum atomic E-state index is 0.463. The Labute approximate surface area is 135 Å². The van der Waals surface area contributed by atoms with E-state index in [0.29, 0.717) is 30.0 Å².